The van der Waals surface area contributed by atoms with Crippen molar-refractivity contribution >= 4 is 34.9 Å². The van der Waals surface area contributed by atoms with Crippen molar-refractivity contribution in [3.05, 3.63) is 70.9 Å². The second-order valence-corrected chi connectivity index (χ2v) is 6.77. The van der Waals surface area contributed by atoms with Crippen molar-refractivity contribution < 1.29 is 14.7 Å². The molecule has 1 aromatic heterocycles. The zero-order valence-corrected chi connectivity index (χ0v) is 15.5. The molecule has 1 amide bonds. The maximum Gasteiger partial charge on any atom is 0.337 e. The fourth-order valence-corrected chi connectivity index (χ4v) is 3.47. The second-order valence-electron chi connectivity index (χ2n) is 6.36. The number of aromatic carboxylic acids is 1. The predicted octanol–water partition coefficient (Wildman–Crippen LogP) is 3.93. The van der Waals surface area contributed by atoms with E-state index in [2.05, 4.69) is 15.3 Å². The number of H-pyrrole nitrogens is 1. The van der Waals surface area contributed by atoms with Gasteiger partial charge in [0.15, 0.2) is 0 Å². The van der Waals surface area contributed by atoms with Crippen molar-refractivity contribution in [2.45, 2.75) is 12.8 Å². The molecule has 1 aliphatic rings. The molecule has 1 aliphatic heterocycles. The number of benzene rings is 2. The van der Waals surface area contributed by atoms with Crippen molar-refractivity contribution in [3.63, 3.8) is 0 Å². The van der Waals surface area contributed by atoms with Gasteiger partial charge in [0, 0.05) is 5.56 Å². The summed E-state index contributed by atoms with van der Waals surface area (Å²) in [6, 6.07) is 13.9. The van der Waals surface area contributed by atoms with Gasteiger partial charge in [-0.1, -0.05) is 41.9 Å². The fourth-order valence-electron chi connectivity index (χ4n) is 3.27. The van der Waals surface area contributed by atoms with Crippen LogP contribution in [0.25, 0.3) is 11.3 Å². The minimum Gasteiger partial charge on any atom is -0.478 e. The lowest BCUT2D eigenvalue weighted by molar-refractivity contribution is -0.118. The third kappa shape index (κ3) is 2.95. The van der Waals surface area contributed by atoms with Gasteiger partial charge in [0.25, 0.3) is 5.91 Å². The van der Waals surface area contributed by atoms with Crippen LogP contribution in [0.1, 0.15) is 28.8 Å². The lowest BCUT2D eigenvalue weighted by Crippen LogP contribution is -2.26. The number of halogens is 1. The third-order valence-electron chi connectivity index (χ3n) is 4.60. The molecule has 0 saturated carbocycles. The van der Waals surface area contributed by atoms with Crippen LogP contribution in [0.3, 0.4) is 0 Å². The van der Waals surface area contributed by atoms with Gasteiger partial charge in [0.05, 0.1) is 33.9 Å². The molecule has 0 radical (unpaired) electrons. The maximum absolute atomic E-state index is 13.2. The molecular weight excluding hydrogens is 380 g/mol. The Balaban J connectivity index is 1.72. The zero-order valence-electron chi connectivity index (χ0n) is 14.8. The Hall–Kier alpha value is -3.45. The van der Waals surface area contributed by atoms with E-state index in [1.807, 2.05) is 30.3 Å². The molecule has 0 fully saturated rings. The number of anilines is 1. The van der Waals surface area contributed by atoms with Gasteiger partial charge in [-0.15, -0.1) is 0 Å². The molecule has 0 spiro atoms. The summed E-state index contributed by atoms with van der Waals surface area (Å²) in [4.78, 5) is 24.5. The number of carbonyl (C=O) groups is 2. The lowest BCUT2D eigenvalue weighted by atomic mass is 9.93. The van der Waals surface area contributed by atoms with Crippen LogP contribution in [0.4, 0.5) is 5.69 Å². The van der Waals surface area contributed by atoms with E-state index in [0.717, 1.165) is 11.3 Å². The Labute approximate surface area is 165 Å². The largest absolute Gasteiger partial charge is 0.478 e. The summed E-state index contributed by atoms with van der Waals surface area (Å²) in [5.74, 6) is -2.07. The maximum atomic E-state index is 13.2. The van der Waals surface area contributed by atoms with Crippen LogP contribution in [0.2, 0.25) is 5.02 Å². The van der Waals surface area contributed by atoms with E-state index in [4.69, 9.17) is 11.6 Å². The minimum atomic E-state index is -1.17. The molecular formula is C20H15ClN4O3. The molecule has 2 N–H and O–H groups in total. The first-order chi connectivity index (χ1) is 13.5. The highest BCUT2D eigenvalue weighted by molar-refractivity contribution is 6.33. The van der Waals surface area contributed by atoms with Crippen LogP contribution in [-0.4, -0.2) is 32.9 Å². The van der Waals surface area contributed by atoms with E-state index in [-0.39, 0.29) is 16.5 Å². The molecule has 7 nitrogen and oxygen atoms in total. The summed E-state index contributed by atoms with van der Waals surface area (Å²) in [6.07, 6.45) is 1.62. The number of nitrogens with zero attached hydrogens (tertiary/aromatic N) is 3. The lowest BCUT2D eigenvalue weighted by Gasteiger charge is -2.15. The van der Waals surface area contributed by atoms with E-state index in [1.165, 1.54) is 17.1 Å². The fraction of sp³-hybridized carbons (Fsp3) is 0.100. The van der Waals surface area contributed by atoms with Crippen LogP contribution < -0.4 is 5.01 Å². The number of hydrogen-bond acceptors (Lipinski definition) is 4. The van der Waals surface area contributed by atoms with Crippen LogP contribution in [0.15, 0.2) is 59.8 Å². The molecule has 0 bridgehead atoms. The van der Waals surface area contributed by atoms with E-state index in [1.54, 1.807) is 19.2 Å². The summed E-state index contributed by atoms with van der Waals surface area (Å²) in [5, 5.41) is 22.0. The topological polar surface area (TPSA) is 98.7 Å². The van der Waals surface area contributed by atoms with Crippen molar-refractivity contribution in [3.8, 4) is 11.3 Å². The number of amides is 1. The van der Waals surface area contributed by atoms with E-state index in [9.17, 15) is 14.7 Å². The third-order valence-corrected chi connectivity index (χ3v) is 4.93. The second kappa shape index (κ2) is 6.94. The molecule has 8 heteroatoms. The first-order valence-electron chi connectivity index (χ1n) is 8.48. The van der Waals surface area contributed by atoms with Gasteiger partial charge in [0.2, 0.25) is 0 Å². The Bertz CT molecular complexity index is 1110. The molecule has 3 aromatic rings. The quantitative estimate of drug-likeness (QED) is 0.700. The van der Waals surface area contributed by atoms with Crippen molar-refractivity contribution in [2.24, 2.45) is 5.10 Å². The highest BCUT2D eigenvalue weighted by Crippen LogP contribution is 2.35. The standard InChI is InChI=1S/C20H15ClN4O3/c1-11-17(15-10-22-23-18(15)12-5-3-2-4-6-12)19(26)25(24-11)13-7-8-16(21)14(9-13)20(27)28/h2-10,17H,1H3,(H,22,23)(H,27,28)/t17-/m1/s1. The summed E-state index contributed by atoms with van der Waals surface area (Å²) in [6.45, 7) is 1.76. The average Bonchev–Trinajstić information content (AvgIpc) is 3.27. The predicted molar refractivity (Wildman–Crippen MR) is 106 cm³/mol. The van der Waals surface area contributed by atoms with Gasteiger partial charge in [-0.3, -0.25) is 9.89 Å². The average molecular weight is 395 g/mol. The molecule has 140 valence electrons. The number of rotatable bonds is 4. The van der Waals surface area contributed by atoms with Crippen molar-refractivity contribution in [2.75, 3.05) is 5.01 Å². The van der Waals surface area contributed by atoms with Gasteiger partial charge in [-0.05, 0) is 30.7 Å². The number of carboxylic acid groups (broad SMARTS) is 1. The Kier molecular flexibility index (Phi) is 4.44. The summed E-state index contributed by atoms with van der Waals surface area (Å²) in [5.41, 5.74) is 3.23. The molecule has 1 atom stereocenters. The smallest absolute Gasteiger partial charge is 0.337 e. The van der Waals surface area contributed by atoms with Gasteiger partial charge in [0.1, 0.15) is 5.92 Å². The number of hydrogen-bond donors (Lipinski definition) is 2. The number of aromatic amines is 1. The highest BCUT2D eigenvalue weighted by atomic mass is 35.5. The van der Waals surface area contributed by atoms with Crippen molar-refractivity contribution in [1.29, 1.82) is 0 Å². The Morgan fingerprint density at radius 3 is 2.68 bits per heavy atom. The molecule has 2 heterocycles. The Morgan fingerprint density at radius 1 is 1.21 bits per heavy atom. The molecule has 0 saturated heterocycles. The number of carboxylic acids is 1. The van der Waals surface area contributed by atoms with Gasteiger partial charge in [-0.25, -0.2) is 4.79 Å². The molecule has 4 rings (SSSR count). The minimum absolute atomic E-state index is 0.0865. The number of carbonyl (C=O) groups excluding carboxylic acids is 1. The molecule has 0 unspecified atom stereocenters. The van der Waals surface area contributed by atoms with Crippen LogP contribution in [0.5, 0.6) is 0 Å². The number of nitrogens with one attached hydrogen (secondary N) is 1. The zero-order chi connectivity index (χ0) is 19.8. The van der Waals surface area contributed by atoms with E-state index in [0.29, 0.717) is 17.0 Å². The van der Waals surface area contributed by atoms with Crippen LogP contribution >= 0.6 is 11.6 Å². The summed E-state index contributed by atoms with van der Waals surface area (Å²) in [7, 11) is 0. The van der Waals surface area contributed by atoms with Gasteiger partial charge >= 0.3 is 5.97 Å². The first kappa shape index (κ1) is 17.9. The van der Waals surface area contributed by atoms with E-state index < -0.39 is 11.9 Å². The van der Waals surface area contributed by atoms with Crippen LogP contribution in [-0.2, 0) is 4.79 Å². The van der Waals surface area contributed by atoms with Gasteiger partial charge < -0.3 is 5.11 Å². The molecule has 0 aliphatic carbocycles. The van der Waals surface area contributed by atoms with Gasteiger partial charge in [-0.2, -0.15) is 15.2 Å². The first-order valence-corrected chi connectivity index (χ1v) is 8.85. The monoisotopic (exact) mass is 394 g/mol. The number of hydrazone groups is 1. The SMILES string of the molecule is CC1=NN(c2ccc(Cl)c(C(=O)O)c2)C(=O)[C@H]1c1cn[nH]c1-c1ccccc1. The van der Waals surface area contributed by atoms with E-state index >= 15 is 0 Å². The summed E-state index contributed by atoms with van der Waals surface area (Å²) < 4.78 is 0. The van der Waals surface area contributed by atoms with Crippen molar-refractivity contribution in [1.82, 2.24) is 10.2 Å². The number of aromatic nitrogens is 2. The molecule has 28 heavy (non-hydrogen) atoms. The Morgan fingerprint density at radius 2 is 1.96 bits per heavy atom. The highest BCUT2D eigenvalue weighted by Gasteiger charge is 2.38. The molecule has 2 aromatic carbocycles. The normalized spacial score (nSPS) is 16.4. The van der Waals surface area contributed by atoms with Crippen LogP contribution in [0, 0.1) is 0 Å². The summed E-state index contributed by atoms with van der Waals surface area (Å²) >= 11 is 5.93.